The molecule has 2 heterocycles. The van der Waals surface area contributed by atoms with E-state index in [1.165, 1.54) is 0 Å². The first-order chi connectivity index (χ1) is 9.90. The van der Waals surface area contributed by atoms with Gasteiger partial charge in [0.05, 0.1) is 0 Å². The van der Waals surface area contributed by atoms with Crippen molar-refractivity contribution in [2.75, 3.05) is 0 Å². The second-order valence-electron chi connectivity index (χ2n) is 4.53. The van der Waals surface area contributed by atoms with Crippen LogP contribution in [0.1, 0.15) is 5.56 Å². The highest BCUT2D eigenvalue weighted by Crippen LogP contribution is 2.34. The summed E-state index contributed by atoms with van der Waals surface area (Å²) in [5.41, 5.74) is 11.4. The molecule has 0 spiro atoms. The van der Waals surface area contributed by atoms with Gasteiger partial charge in [0.1, 0.15) is 0 Å². The fourth-order valence-electron chi connectivity index (χ4n) is 2.38. The number of hydrogen-bond acceptors (Lipinski definition) is 3. The molecular weight excluding hydrogens is 246 g/mol. The van der Waals surface area contributed by atoms with Crippen molar-refractivity contribution in [1.29, 1.82) is 0 Å². The lowest BCUT2D eigenvalue weighted by Crippen LogP contribution is -2.00. The Hall–Kier alpha value is -2.52. The molecule has 2 aromatic heterocycles. The first-order valence-electron chi connectivity index (χ1n) is 6.53. The third-order valence-corrected chi connectivity index (χ3v) is 3.29. The van der Waals surface area contributed by atoms with E-state index in [4.69, 9.17) is 5.73 Å². The Balaban J connectivity index is 2.26. The third-order valence-electron chi connectivity index (χ3n) is 3.29. The molecule has 0 aliphatic carbocycles. The number of nitrogens with zero attached hydrogens (tertiary/aromatic N) is 2. The van der Waals surface area contributed by atoms with E-state index in [1.54, 1.807) is 12.4 Å². The Bertz CT molecular complexity index is 694. The maximum Gasteiger partial charge on any atom is 0.0346 e. The minimum absolute atomic E-state index is 0.498. The van der Waals surface area contributed by atoms with Crippen LogP contribution in [0.3, 0.4) is 0 Å². The van der Waals surface area contributed by atoms with Gasteiger partial charge in [0.15, 0.2) is 0 Å². The fourth-order valence-corrected chi connectivity index (χ4v) is 2.38. The molecule has 20 heavy (non-hydrogen) atoms. The lowest BCUT2D eigenvalue weighted by Gasteiger charge is -2.14. The zero-order valence-electron chi connectivity index (χ0n) is 11.0. The molecule has 0 amide bonds. The van der Waals surface area contributed by atoms with Crippen LogP contribution < -0.4 is 5.73 Å². The molecule has 0 fully saturated rings. The van der Waals surface area contributed by atoms with Gasteiger partial charge in [-0.25, -0.2) is 0 Å². The first kappa shape index (κ1) is 12.5. The van der Waals surface area contributed by atoms with Gasteiger partial charge in [-0.2, -0.15) is 0 Å². The van der Waals surface area contributed by atoms with E-state index in [2.05, 4.69) is 34.2 Å². The molecule has 0 aliphatic heterocycles. The number of pyridine rings is 2. The van der Waals surface area contributed by atoms with Gasteiger partial charge in [-0.05, 0) is 28.8 Å². The summed E-state index contributed by atoms with van der Waals surface area (Å²) in [5.74, 6) is 0. The van der Waals surface area contributed by atoms with Crippen molar-refractivity contribution >= 4 is 0 Å². The summed E-state index contributed by atoms with van der Waals surface area (Å²) >= 11 is 0. The van der Waals surface area contributed by atoms with Crippen molar-refractivity contribution in [2.45, 2.75) is 6.54 Å². The molecule has 3 nitrogen and oxygen atoms in total. The molecule has 98 valence electrons. The van der Waals surface area contributed by atoms with Crippen molar-refractivity contribution in [3.8, 4) is 22.3 Å². The van der Waals surface area contributed by atoms with Gasteiger partial charge in [-0.1, -0.05) is 30.3 Å². The van der Waals surface area contributed by atoms with Crippen LogP contribution in [0.15, 0.2) is 67.3 Å². The number of rotatable bonds is 3. The molecule has 0 aliphatic rings. The van der Waals surface area contributed by atoms with E-state index in [-0.39, 0.29) is 0 Å². The first-order valence-corrected chi connectivity index (χ1v) is 6.53. The molecule has 3 rings (SSSR count). The lowest BCUT2D eigenvalue weighted by molar-refractivity contribution is 1.07. The van der Waals surface area contributed by atoms with Crippen molar-refractivity contribution in [3.63, 3.8) is 0 Å². The molecule has 0 radical (unpaired) electrons. The lowest BCUT2D eigenvalue weighted by atomic mass is 9.92. The summed E-state index contributed by atoms with van der Waals surface area (Å²) in [6, 6.07) is 14.2. The minimum Gasteiger partial charge on any atom is -0.326 e. The molecule has 0 saturated heterocycles. The van der Waals surface area contributed by atoms with Gasteiger partial charge < -0.3 is 5.73 Å². The third kappa shape index (κ3) is 2.31. The Morgan fingerprint density at radius 3 is 2.10 bits per heavy atom. The summed E-state index contributed by atoms with van der Waals surface area (Å²) in [4.78, 5) is 8.42. The molecule has 0 bridgehead atoms. The summed E-state index contributed by atoms with van der Waals surface area (Å²) < 4.78 is 0. The van der Waals surface area contributed by atoms with Crippen LogP contribution in [0, 0.1) is 0 Å². The molecule has 3 heteroatoms. The quantitative estimate of drug-likeness (QED) is 0.787. The highest BCUT2D eigenvalue weighted by molar-refractivity contribution is 5.85. The van der Waals surface area contributed by atoms with Gasteiger partial charge in [-0.15, -0.1) is 0 Å². The SMILES string of the molecule is NCc1cccc(-c2cccnc2)c1-c1cccnc1. The van der Waals surface area contributed by atoms with Crippen LogP contribution >= 0.6 is 0 Å². The smallest absolute Gasteiger partial charge is 0.0346 e. The van der Waals surface area contributed by atoms with Crippen LogP contribution in [0.25, 0.3) is 22.3 Å². The van der Waals surface area contributed by atoms with Gasteiger partial charge in [0.2, 0.25) is 0 Å². The van der Waals surface area contributed by atoms with Crippen LogP contribution in [0.2, 0.25) is 0 Å². The Morgan fingerprint density at radius 1 is 0.800 bits per heavy atom. The topological polar surface area (TPSA) is 51.8 Å². The predicted molar refractivity (Wildman–Crippen MR) is 80.8 cm³/mol. The van der Waals surface area contributed by atoms with E-state index in [9.17, 15) is 0 Å². The zero-order chi connectivity index (χ0) is 13.8. The van der Waals surface area contributed by atoms with Crippen molar-refractivity contribution < 1.29 is 0 Å². The van der Waals surface area contributed by atoms with E-state index in [1.807, 2.05) is 30.6 Å². The molecule has 3 aromatic rings. The van der Waals surface area contributed by atoms with Crippen molar-refractivity contribution in [1.82, 2.24) is 9.97 Å². The second kappa shape index (κ2) is 5.63. The zero-order valence-corrected chi connectivity index (χ0v) is 11.0. The van der Waals surface area contributed by atoms with E-state index in [0.717, 1.165) is 27.8 Å². The average Bonchev–Trinajstić information content (AvgIpc) is 2.55. The maximum absolute atomic E-state index is 5.90. The summed E-state index contributed by atoms with van der Waals surface area (Å²) in [6.45, 7) is 0.498. The van der Waals surface area contributed by atoms with Gasteiger partial charge in [0, 0.05) is 42.5 Å². The number of hydrogen-bond donors (Lipinski definition) is 1. The molecule has 2 N–H and O–H groups in total. The van der Waals surface area contributed by atoms with Gasteiger partial charge in [-0.3, -0.25) is 9.97 Å². The van der Waals surface area contributed by atoms with Crippen LogP contribution in [0.5, 0.6) is 0 Å². The molecule has 0 saturated carbocycles. The number of benzene rings is 1. The van der Waals surface area contributed by atoms with Crippen LogP contribution in [-0.4, -0.2) is 9.97 Å². The maximum atomic E-state index is 5.90. The van der Waals surface area contributed by atoms with E-state index < -0.39 is 0 Å². The summed E-state index contributed by atoms with van der Waals surface area (Å²) in [5, 5.41) is 0. The highest BCUT2D eigenvalue weighted by atomic mass is 14.6. The monoisotopic (exact) mass is 261 g/mol. The Kier molecular flexibility index (Phi) is 3.52. The predicted octanol–water partition coefficient (Wildman–Crippen LogP) is 3.27. The molecule has 1 aromatic carbocycles. The second-order valence-corrected chi connectivity index (χ2v) is 4.53. The Morgan fingerprint density at radius 2 is 1.50 bits per heavy atom. The summed E-state index contributed by atoms with van der Waals surface area (Å²) in [6.07, 6.45) is 7.29. The number of aromatic nitrogens is 2. The van der Waals surface area contributed by atoms with E-state index in [0.29, 0.717) is 6.54 Å². The van der Waals surface area contributed by atoms with Crippen LogP contribution in [-0.2, 0) is 6.54 Å². The van der Waals surface area contributed by atoms with Gasteiger partial charge >= 0.3 is 0 Å². The fraction of sp³-hybridized carbons (Fsp3) is 0.0588. The van der Waals surface area contributed by atoms with E-state index >= 15 is 0 Å². The van der Waals surface area contributed by atoms with Crippen LogP contribution in [0.4, 0.5) is 0 Å². The normalized spacial score (nSPS) is 10.4. The minimum atomic E-state index is 0.498. The summed E-state index contributed by atoms with van der Waals surface area (Å²) in [7, 11) is 0. The highest BCUT2D eigenvalue weighted by Gasteiger charge is 2.11. The average molecular weight is 261 g/mol. The molecule has 0 unspecified atom stereocenters. The Labute approximate surface area is 118 Å². The standard InChI is InChI=1S/C17H15N3/c18-10-13-4-1-7-16(14-5-2-8-19-11-14)17(13)15-6-3-9-20-12-15/h1-9,11-12H,10,18H2. The van der Waals surface area contributed by atoms with Crippen molar-refractivity contribution in [2.24, 2.45) is 5.73 Å². The molecular formula is C17H15N3. The van der Waals surface area contributed by atoms with Crippen molar-refractivity contribution in [3.05, 3.63) is 72.8 Å². The largest absolute Gasteiger partial charge is 0.326 e. The van der Waals surface area contributed by atoms with Gasteiger partial charge in [0.25, 0.3) is 0 Å². The molecule has 0 atom stereocenters. The number of nitrogens with two attached hydrogens (primary N) is 1.